The highest BCUT2D eigenvalue weighted by molar-refractivity contribution is 7.11. The Kier molecular flexibility index (Phi) is 15.6. The van der Waals surface area contributed by atoms with Gasteiger partial charge in [0, 0.05) is 23.9 Å². The van der Waals surface area contributed by atoms with E-state index >= 15 is 0 Å². The summed E-state index contributed by atoms with van der Waals surface area (Å²) in [4.78, 5) is 34.7. The second-order valence-electron chi connectivity index (χ2n) is 16.6. The monoisotopic (exact) mass is 864 g/mol. The quantitative estimate of drug-likeness (QED) is 0.0510. The van der Waals surface area contributed by atoms with E-state index in [0.29, 0.717) is 24.2 Å². The molecule has 0 N–H and O–H groups in total. The summed E-state index contributed by atoms with van der Waals surface area (Å²) >= 11 is 3.22. The zero-order chi connectivity index (χ0) is 42.4. The second kappa shape index (κ2) is 22.3. The molecule has 0 saturated carbocycles. The molecule has 322 valence electrons. The van der Waals surface area contributed by atoms with Crippen LogP contribution in [0.25, 0.3) is 32.9 Å². The summed E-state index contributed by atoms with van der Waals surface area (Å²) in [7, 11) is 0. The third kappa shape index (κ3) is 10.5. The average molecular weight is 865 g/mol. The van der Waals surface area contributed by atoms with Crippen molar-refractivity contribution in [1.29, 1.82) is 0 Å². The predicted octanol–water partition coefficient (Wildman–Crippen LogP) is 14.3. The second-order valence-corrected chi connectivity index (χ2v) is 18.5. The van der Waals surface area contributed by atoms with Gasteiger partial charge < -0.3 is 19.3 Å². The van der Waals surface area contributed by atoms with Crippen molar-refractivity contribution in [1.82, 2.24) is 9.80 Å². The number of fused-ring (bicyclic) bond motifs is 3. The van der Waals surface area contributed by atoms with Crippen LogP contribution in [0.4, 0.5) is 0 Å². The molecule has 0 bridgehead atoms. The number of carbonyl (C=O) groups is 2. The molecule has 2 amide bonds. The molecule has 6 aromatic rings. The van der Waals surface area contributed by atoms with Crippen molar-refractivity contribution in [3.8, 4) is 11.5 Å². The molecule has 2 aromatic heterocycles. The van der Waals surface area contributed by atoms with Gasteiger partial charge in [-0.25, -0.2) is 0 Å². The van der Waals surface area contributed by atoms with Crippen LogP contribution in [0.1, 0.15) is 112 Å². The van der Waals surface area contributed by atoms with Gasteiger partial charge in [-0.3, -0.25) is 9.59 Å². The van der Waals surface area contributed by atoms with Gasteiger partial charge >= 0.3 is 0 Å². The Hall–Kier alpha value is -5.18. The first-order valence-corrected chi connectivity index (χ1v) is 24.9. The maximum absolute atomic E-state index is 14.4. The van der Waals surface area contributed by atoms with E-state index in [2.05, 4.69) is 97.1 Å². The van der Waals surface area contributed by atoms with Crippen molar-refractivity contribution >= 4 is 67.4 Å². The number of rotatable bonds is 26. The molecule has 62 heavy (non-hydrogen) atoms. The van der Waals surface area contributed by atoms with Gasteiger partial charge in [0.05, 0.1) is 45.5 Å². The highest BCUT2D eigenvalue weighted by Gasteiger charge is 2.49. The van der Waals surface area contributed by atoms with Crippen LogP contribution in [-0.2, 0) is 9.59 Å². The van der Waals surface area contributed by atoms with E-state index in [1.807, 2.05) is 32.7 Å². The number of hydrogen-bond donors (Lipinski definition) is 0. The average Bonchev–Trinajstić information content (AvgIpc) is 4.13. The molecule has 6 nitrogen and oxygen atoms in total. The standard InChI is InChI=1S/C54H60N2O4S2/c57-53-50-49(51(47-33-23-39-61-47)55(53)35-17-9-5-1-3-7-11-19-37-59-45-31-21-27-41-25-13-15-29-43(41)45)54(58)56(52(50)48-34-24-40-62-48)36-18-10-6-2-4-8-12-20-38-60-46-32-22-28-42-26-14-16-30-44(42)46/h13-16,21-34,39-40H,1-12,17-20,35-38H2. The number of unbranched alkanes of at least 4 members (excludes halogenated alkanes) is 14. The van der Waals surface area contributed by atoms with E-state index in [9.17, 15) is 9.59 Å². The van der Waals surface area contributed by atoms with Gasteiger partial charge in [-0.1, -0.05) is 162 Å². The smallest absolute Gasteiger partial charge is 0.261 e. The molecule has 4 aromatic carbocycles. The van der Waals surface area contributed by atoms with Crippen LogP contribution in [0.2, 0.25) is 0 Å². The van der Waals surface area contributed by atoms with Gasteiger partial charge in [-0.05, 0) is 71.5 Å². The Morgan fingerprint density at radius 2 is 0.758 bits per heavy atom. The number of nitrogens with zero attached hydrogens (tertiary/aromatic N) is 2. The number of ether oxygens (including phenoxy) is 2. The fourth-order valence-corrected chi connectivity index (χ4v) is 10.6. The first-order valence-electron chi connectivity index (χ1n) is 23.1. The van der Waals surface area contributed by atoms with E-state index in [1.54, 1.807) is 22.7 Å². The molecule has 2 aliphatic rings. The lowest BCUT2D eigenvalue weighted by atomic mass is 10.1. The van der Waals surface area contributed by atoms with E-state index < -0.39 is 0 Å². The van der Waals surface area contributed by atoms with Crippen molar-refractivity contribution in [2.75, 3.05) is 26.3 Å². The maximum Gasteiger partial charge on any atom is 0.261 e. The highest BCUT2D eigenvalue weighted by atomic mass is 32.1. The largest absolute Gasteiger partial charge is 0.493 e. The molecule has 8 rings (SSSR count). The minimum atomic E-state index is -0.0177. The van der Waals surface area contributed by atoms with E-state index in [1.165, 1.54) is 72.9 Å². The Balaban J connectivity index is 0.762. The molecule has 4 heterocycles. The van der Waals surface area contributed by atoms with Crippen molar-refractivity contribution in [3.05, 3.63) is 141 Å². The van der Waals surface area contributed by atoms with Crippen LogP contribution in [0.3, 0.4) is 0 Å². The minimum Gasteiger partial charge on any atom is -0.493 e. The molecular formula is C54H60N2O4S2. The number of hydrogen-bond acceptors (Lipinski definition) is 6. The number of carbonyl (C=O) groups excluding carboxylic acids is 2. The van der Waals surface area contributed by atoms with Gasteiger partial charge in [0.25, 0.3) is 11.8 Å². The van der Waals surface area contributed by atoms with Crippen molar-refractivity contribution in [3.63, 3.8) is 0 Å². The Bertz CT molecular complexity index is 2270. The molecule has 0 unspecified atom stereocenters. The van der Waals surface area contributed by atoms with E-state index in [-0.39, 0.29) is 11.8 Å². The van der Waals surface area contributed by atoms with Gasteiger partial charge in [-0.15, -0.1) is 22.7 Å². The number of amides is 2. The molecular weight excluding hydrogens is 805 g/mol. The van der Waals surface area contributed by atoms with Gasteiger partial charge in [0.15, 0.2) is 0 Å². The summed E-state index contributed by atoms with van der Waals surface area (Å²) in [5.41, 5.74) is 2.84. The first-order chi connectivity index (χ1) is 30.7. The van der Waals surface area contributed by atoms with Crippen LogP contribution in [0.5, 0.6) is 11.5 Å². The zero-order valence-electron chi connectivity index (χ0n) is 36.0. The lowest BCUT2D eigenvalue weighted by molar-refractivity contribution is -0.124. The normalized spacial score (nSPS) is 14.0. The van der Waals surface area contributed by atoms with Gasteiger partial charge in [0.2, 0.25) is 0 Å². The molecule has 8 heteroatoms. The first kappa shape index (κ1) is 43.5. The predicted molar refractivity (Wildman–Crippen MR) is 259 cm³/mol. The van der Waals surface area contributed by atoms with Gasteiger partial charge in [-0.2, -0.15) is 0 Å². The lowest BCUT2D eigenvalue weighted by Gasteiger charge is -2.24. The Morgan fingerprint density at radius 1 is 0.387 bits per heavy atom. The van der Waals surface area contributed by atoms with E-state index in [4.69, 9.17) is 9.47 Å². The SMILES string of the molecule is O=C1C2=C(c3cccs3)N(CCCCCCCCCCOc3cccc4ccccc34)C(=O)C2=C(c2cccs2)N1CCCCCCCCCCOc1cccc2ccccc12. The number of thiophene rings is 2. The topological polar surface area (TPSA) is 59.1 Å². The molecule has 0 atom stereocenters. The molecule has 0 radical (unpaired) electrons. The molecule has 0 aliphatic carbocycles. The summed E-state index contributed by atoms with van der Waals surface area (Å²) in [6.07, 6.45) is 18.0. The van der Waals surface area contributed by atoms with Crippen LogP contribution in [0, 0.1) is 0 Å². The maximum atomic E-state index is 14.4. The summed E-state index contributed by atoms with van der Waals surface area (Å²) in [6, 6.07) is 37.4. The fourth-order valence-electron chi connectivity index (χ4n) is 9.03. The summed E-state index contributed by atoms with van der Waals surface area (Å²) in [5.74, 6) is 1.91. The van der Waals surface area contributed by atoms with Crippen LogP contribution in [0.15, 0.2) is 131 Å². The van der Waals surface area contributed by atoms with Crippen LogP contribution >= 0.6 is 22.7 Å². The van der Waals surface area contributed by atoms with E-state index in [0.717, 1.165) is 97.2 Å². The highest BCUT2D eigenvalue weighted by Crippen LogP contribution is 2.48. The van der Waals surface area contributed by atoms with Crippen LogP contribution in [-0.4, -0.2) is 47.9 Å². The zero-order valence-corrected chi connectivity index (χ0v) is 37.7. The third-order valence-corrected chi connectivity index (χ3v) is 14.0. The van der Waals surface area contributed by atoms with Crippen LogP contribution < -0.4 is 9.47 Å². The fraction of sp³-hybridized carbons (Fsp3) is 0.370. The summed E-state index contributed by atoms with van der Waals surface area (Å²) < 4.78 is 12.3. The summed E-state index contributed by atoms with van der Waals surface area (Å²) in [5, 5.41) is 8.87. The molecule has 0 saturated heterocycles. The van der Waals surface area contributed by atoms with Gasteiger partial charge in [0.1, 0.15) is 11.5 Å². The lowest BCUT2D eigenvalue weighted by Crippen LogP contribution is -2.30. The molecule has 2 aliphatic heterocycles. The third-order valence-electron chi connectivity index (χ3n) is 12.3. The van der Waals surface area contributed by atoms with Crippen molar-refractivity contribution in [2.45, 2.75) is 103 Å². The number of benzene rings is 4. The van der Waals surface area contributed by atoms with Crippen molar-refractivity contribution < 1.29 is 19.1 Å². The molecule has 0 fully saturated rings. The Morgan fingerprint density at radius 3 is 1.16 bits per heavy atom. The minimum absolute atomic E-state index is 0.0177. The Labute approximate surface area is 375 Å². The molecule has 0 spiro atoms. The summed E-state index contributed by atoms with van der Waals surface area (Å²) in [6.45, 7) is 2.76. The van der Waals surface area contributed by atoms with Crippen molar-refractivity contribution in [2.24, 2.45) is 0 Å².